The van der Waals surface area contributed by atoms with Gasteiger partial charge in [0.05, 0.1) is 49.8 Å². The second-order valence-electron chi connectivity index (χ2n) is 9.75. The largest absolute Gasteiger partial charge is 0.493 e. The standard InChI is InChI=1S/C33H31FN2O7S/c1-6-42-32(38)28-19(2)35-33-36(29(28)22-16-25(39-3)30(41-5)26(17-22)40-4)31(37)27(44-33)15-20-9-13-24(14-10-20)43-18-21-7-11-23(34)12-8-21/h7-17,29H,6,18H2,1-5H3/b27-15-/t29-/m1/s1. The first-order valence-electron chi connectivity index (χ1n) is 13.7. The van der Waals surface area contributed by atoms with Crippen LogP contribution in [0.25, 0.3) is 6.08 Å². The Kier molecular flexibility index (Phi) is 9.15. The minimum absolute atomic E-state index is 0.158. The van der Waals surface area contributed by atoms with Gasteiger partial charge in [0.2, 0.25) is 5.75 Å². The van der Waals surface area contributed by atoms with Crippen LogP contribution in [0.15, 0.2) is 81.7 Å². The molecule has 0 spiro atoms. The number of allylic oxidation sites excluding steroid dienone is 1. The number of hydrogen-bond acceptors (Lipinski definition) is 9. The number of hydrogen-bond donors (Lipinski definition) is 0. The summed E-state index contributed by atoms with van der Waals surface area (Å²) in [6, 6.07) is 16.0. The highest BCUT2D eigenvalue weighted by Crippen LogP contribution is 2.42. The quantitative estimate of drug-likeness (QED) is 0.241. The molecule has 228 valence electrons. The van der Waals surface area contributed by atoms with Gasteiger partial charge < -0.3 is 23.7 Å². The zero-order chi connectivity index (χ0) is 31.4. The van der Waals surface area contributed by atoms with Crippen LogP contribution in [0.1, 0.15) is 36.6 Å². The van der Waals surface area contributed by atoms with Crippen LogP contribution >= 0.6 is 11.3 Å². The molecule has 0 saturated carbocycles. The van der Waals surface area contributed by atoms with Gasteiger partial charge in [0.25, 0.3) is 5.56 Å². The van der Waals surface area contributed by atoms with Gasteiger partial charge in [-0.2, -0.15) is 0 Å². The number of aromatic nitrogens is 1. The van der Waals surface area contributed by atoms with Crippen molar-refractivity contribution < 1.29 is 32.9 Å². The number of rotatable bonds is 10. The number of nitrogens with zero attached hydrogens (tertiary/aromatic N) is 2. The van der Waals surface area contributed by atoms with Crippen LogP contribution in [-0.2, 0) is 16.1 Å². The summed E-state index contributed by atoms with van der Waals surface area (Å²) >= 11 is 1.22. The number of esters is 1. The van der Waals surface area contributed by atoms with Gasteiger partial charge in [0.15, 0.2) is 16.3 Å². The highest BCUT2D eigenvalue weighted by molar-refractivity contribution is 7.07. The molecule has 2 heterocycles. The van der Waals surface area contributed by atoms with Crippen LogP contribution < -0.4 is 33.8 Å². The summed E-state index contributed by atoms with van der Waals surface area (Å²) in [5.74, 6) is 0.898. The van der Waals surface area contributed by atoms with Crippen LogP contribution in [0.5, 0.6) is 23.0 Å². The lowest BCUT2D eigenvalue weighted by atomic mass is 9.95. The Balaban J connectivity index is 1.55. The number of thiazole rings is 1. The van der Waals surface area contributed by atoms with Crippen LogP contribution in [0.3, 0.4) is 0 Å². The monoisotopic (exact) mass is 618 g/mol. The Bertz CT molecular complexity index is 1870. The third kappa shape index (κ3) is 6.09. The molecule has 9 nitrogen and oxygen atoms in total. The second kappa shape index (κ2) is 13.2. The van der Waals surface area contributed by atoms with E-state index in [1.54, 1.807) is 56.3 Å². The Labute approximate surface area is 257 Å². The molecule has 4 aromatic rings. The first-order chi connectivity index (χ1) is 21.3. The van der Waals surface area contributed by atoms with Crippen molar-refractivity contribution in [2.24, 2.45) is 4.99 Å². The molecule has 3 aromatic carbocycles. The summed E-state index contributed by atoms with van der Waals surface area (Å²) in [4.78, 5) is 32.3. The van der Waals surface area contributed by atoms with Gasteiger partial charge in [0.1, 0.15) is 18.2 Å². The van der Waals surface area contributed by atoms with Crippen molar-refractivity contribution in [2.75, 3.05) is 27.9 Å². The van der Waals surface area contributed by atoms with Crippen molar-refractivity contribution in [3.8, 4) is 23.0 Å². The fourth-order valence-electron chi connectivity index (χ4n) is 4.93. The second-order valence-corrected chi connectivity index (χ2v) is 10.8. The summed E-state index contributed by atoms with van der Waals surface area (Å²) in [5, 5.41) is 0. The number of halogens is 1. The maximum absolute atomic E-state index is 14.0. The average Bonchev–Trinajstić information content (AvgIpc) is 3.33. The van der Waals surface area contributed by atoms with E-state index in [2.05, 4.69) is 4.99 Å². The van der Waals surface area contributed by atoms with E-state index < -0.39 is 12.0 Å². The van der Waals surface area contributed by atoms with E-state index >= 15 is 0 Å². The normalized spacial score (nSPS) is 14.5. The van der Waals surface area contributed by atoms with Crippen LogP contribution in [-0.4, -0.2) is 38.5 Å². The fourth-order valence-corrected chi connectivity index (χ4v) is 5.97. The van der Waals surface area contributed by atoms with E-state index in [0.717, 1.165) is 11.1 Å². The predicted molar refractivity (Wildman–Crippen MR) is 164 cm³/mol. The summed E-state index contributed by atoms with van der Waals surface area (Å²) in [5.41, 5.74) is 2.54. The third-order valence-corrected chi connectivity index (χ3v) is 8.00. The summed E-state index contributed by atoms with van der Waals surface area (Å²) in [7, 11) is 4.50. The minimum atomic E-state index is -0.858. The third-order valence-electron chi connectivity index (χ3n) is 7.02. The van der Waals surface area contributed by atoms with Crippen LogP contribution in [0.2, 0.25) is 0 Å². The zero-order valence-corrected chi connectivity index (χ0v) is 25.7. The number of methoxy groups -OCH3 is 3. The summed E-state index contributed by atoms with van der Waals surface area (Å²) in [6.45, 7) is 3.89. The van der Waals surface area contributed by atoms with Gasteiger partial charge >= 0.3 is 5.97 Å². The lowest BCUT2D eigenvalue weighted by molar-refractivity contribution is -0.139. The molecule has 0 radical (unpaired) electrons. The molecule has 1 atom stereocenters. The first kappa shape index (κ1) is 30.6. The molecule has 11 heteroatoms. The number of carbonyl (C=O) groups excluding carboxylic acids is 1. The molecule has 0 aliphatic carbocycles. The molecule has 5 rings (SSSR count). The predicted octanol–water partition coefficient (Wildman–Crippen LogP) is 4.54. The molecule has 1 aromatic heterocycles. The van der Waals surface area contributed by atoms with E-state index in [4.69, 9.17) is 23.7 Å². The average molecular weight is 619 g/mol. The number of benzene rings is 3. The molecule has 0 N–H and O–H groups in total. The first-order valence-corrected chi connectivity index (χ1v) is 14.6. The zero-order valence-electron chi connectivity index (χ0n) is 24.9. The van der Waals surface area contributed by atoms with E-state index in [1.165, 1.54) is 49.4 Å². The van der Waals surface area contributed by atoms with Gasteiger partial charge in [-0.1, -0.05) is 35.6 Å². The van der Waals surface area contributed by atoms with Gasteiger partial charge in [-0.3, -0.25) is 9.36 Å². The Morgan fingerprint density at radius 2 is 1.66 bits per heavy atom. The lowest BCUT2D eigenvalue weighted by Gasteiger charge is -2.26. The lowest BCUT2D eigenvalue weighted by Crippen LogP contribution is -2.40. The Hall–Kier alpha value is -4.90. The molecule has 44 heavy (non-hydrogen) atoms. The van der Waals surface area contributed by atoms with Crippen molar-refractivity contribution in [1.82, 2.24) is 4.57 Å². The van der Waals surface area contributed by atoms with Crippen molar-refractivity contribution in [1.29, 1.82) is 0 Å². The van der Waals surface area contributed by atoms with Crippen molar-refractivity contribution in [3.63, 3.8) is 0 Å². The highest BCUT2D eigenvalue weighted by Gasteiger charge is 2.34. The van der Waals surface area contributed by atoms with Crippen molar-refractivity contribution in [3.05, 3.63) is 114 Å². The molecule has 0 saturated heterocycles. The molecule has 0 amide bonds. The summed E-state index contributed by atoms with van der Waals surface area (Å²) in [6.07, 6.45) is 1.77. The van der Waals surface area contributed by atoms with Crippen LogP contribution in [0.4, 0.5) is 4.39 Å². The SMILES string of the molecule is CCOC(=O)C1=C(C)N=c2s/c(=C\c3ccc(OCc4ccc(F)cc4)cc3)c(=O)n2[C@@H]1c1cc(OC)c(OC)c(OC)c1. The number of carbonyl (C=O) groups is 1. The highest BCUT2D eigenvalue weighted by atomic mass is 32.1. The molecular weight excluding hydrogens is 587 g/mol. The van der Waals surface area contributed by atoms with Gasteiger partial charge in [-0.25, -0.2) is 14.2 Å². The Morgan fingerprint density at radius 1 is 1.00 bits per heavy atom. The van der Waals surface area contributed by atoms with Gasteiger partial charge in [-0.15, -0.1) is 0 Å². The summed E-state index contributed by atoms with van der Waals surface area (Å²) < 4.78 is 42.9. The maximum atomic E-state index is 14.0. The fraction of sp³-hybridized carbons (Fsp3) is 0.242. The molecule has 1 aliphatic heterocycles. The van der Waals surface area contributed by atoms with Crippen molar-refractivity contribution >= 4 is 23.4 Å². The minimum Gasteiger partial charge on any atom is -0.493 e. The van der Waals surface area contributed by atoms with Gasteiger partial charge in [0, 0.05) is 0 Å². The van der Waals surface area contributed by atoms with Crippen molar-refractivity contribution in [2.45, 2.75) is 26.5 Å². The van der Waals surface area contributed by atoms with Gasteiger partial charge in [-0.05, 0) is 73.0 Å². The van der Waals surface area contributed by atoms with E-state index in [0.29, 0.717) is 50.2 Å². The molecule has 1 aliphatic rings. The number of ether oxygens (including phenoxy) is 5. The number of fused-ring (bicyclic) bond motifs is 1. The smallest absolute Gasteiger partial charge is 0.338 e. The molecule has 0 bridgehead atoms. The van der Waals surface area contributed by atoms with E-state index in [1.807, 2.05) is 12.1 Å². The molecule has 0 unspecified atom stereocenters. The maximum Gasteiger partial charge on any atom is 0.338 e. The molecule has 0 fully saturated rings. The molecular formula is C33H31FN2O7S. The van der Waals surface area contributed by atoms with E-state index in [9.17, 15) is 14.0 Å². The Morgan fingerprint density at radius 3 is 2.25 bits per heavy atom. The van der Waals surface area contributed by atoms with Crippen LogP contribution in [0, 0.1) is 5.82 Å². The topological polar surface area (TPSA) is 97.6 Å². The van der Waals surface area contributed by atoms with E-state index in [-0.39, 0.29) is 23.6 Å².